The van der Waals surface area contributed by atoms with Crippen LogP contribution >= 0.6 is 0 Å². The molecule has 1 aliphatic heterocycles. The van der Waals surface area contributed by atoms with Gasteiger partial charge in [-0.15, -0.1) is 23.4 Å². The van der Waals surface area contributed by atoms with Gasteiger partial charge in [0.15, 0.2) is 0 Å². The summed E-state index contributed by atoms with van der Waals surface area (Å²) in [7, 11) is 1.98. The van der Waals surface area contributed by atoms with E-state index in [2.05, 4.69) is 28.3 Å². The molecule has 2 rings (SSSR count). The van der Waals surface area contributed by atoms with Crippen LogP contribution in [0.15, 0.2) is 31.6 Å². The van der Waals surface area contributed by atoms with Crippen LogP contribution in [-0.2, 0) is 11.8 Å². The van der Waals surface area contributed by atoms with Gasteiger partial charge in [0.05, 0.1) is 6.54 Å². The number of carbonyl (C=O) groups is 1. The third-order valence-corrected chi connectivity index (χ3v) is 4.11. The van der Waals surface area contributed by atoms with Gasteiger partial charge in [-0.1, -0.05) is 12.2 Å². The maximum absolute atomic E-state index is 12.3. The molecule has 0 radical (unpaired) electrons. The second kappa shape index (κ2) is 7.89. The lowest BCUT2D eigenvalue weighted by molar-refractivity contribution is -0.131. The molecule has 1 aromatic rings. The van der Waals surface area contributed by atoms with Crippen LogP contribution in [0.1, 0.15) is 24.6 Å². The Balaban J connectivity index is 1.84. The summed E-state index contributed by atoms with van der Waals surface area (Å²) in [6.07, 6.45) is 7.28. The molecule has 0 unspecified atom stereocenters. The molecule has 0 saturated carbocycles. The van der Waals surface area contributed by atoms with Crippen LogP contribution in [-0.4, -0.2) is 63.2 Å². The van der Waals surface area contributed by atoms with Crippen molar-refractivity contribution >= 4 is 5.91 Å². The molecule has 6 nitrogen and oxygen atoms in total. The Labute approximate surface area is 132 Å². The Morgan fingerprint density at radius 3 is 2.50 bits per heavy atom. The van der Waals surface area contributed by atoms with Gasteiger partial charge >= 0.3 is 0 Å². The molecule has 0 aliphatic carbocycles. The Kier molecular flexibility index (Phi) is 5.89. The van der Waals surface area contributed by atoms with Crippen molar-refractivity contribution in [2.24, 2.45) is 7.05 Å². The first-order chi connectivity index (χ1) is 10.7. The van der Waals surface area contributed by atoms with Gasteiger partial charge in [0, 0.05) is 26.1 Å². The zero-order valence-corrected chi connectivity index (χ0v) is 13.3. The summed E-state index contributed by atoms with van der Waals surface area (Å²) in [6.45, 7) is 10.8. The fourth-order valence-corrected chi connectivity index (χ4v) is 2.89. The molecule has 0 N–H and O–H groups in total. The maximum Gasteiger partial charge on any atom is 0.237 e. The average Bonchev–Trinajstić information content (AvgIpc) is 2.94. The standard InChI is InChI=1S/C16H25N5O/c1-4-8-21(9-5-2)15(22)12-20-10-6-14(7-11-20)16-18-17-13-19(16)3/h4-5,13-14H,1-2,6-12H2,3H3. The molecular weight excluding hydrogens is 278 g/mol. The normalized spacial score (nSPS) is 16.4. The van der Waals surface area contributed by atoms with E-state index in [-0.39, 0.29) is 5.91 Å². The highest BCUT2D eigenvalue weighted by Gasteiger charge is 2.25. The van der Waals surface area contributed by atoms with Crippen LogP contribution in [0.4, 0.5) is 0 Å². The smallest absolute Gasteiger partial charge is 0.237 e. The molecule has 22 heavy (non-hydrogen) atoms. The number of piperidine rings is 1. The molecule has 1 fully saturated rings. The Bertz CT molecular complexity index is 506. The van der Waals surface area contributed by atoms with E-state index in [0.717, 1.165) is 31.8 Å². The highest BCUT2D eigenvalue weighted by atomic mass is 16.2. The lowest BCUT2D eigenvalue weighted by Gasteiger charge is -2.32. The number of rotatable bonds is 7. The van der Waals surface area contributed by atoms with Crippen molar-refractivity contribution in [1.29, 1.82) is 0 Å². The van der Waals surface area contributed by atoms with Gasteiger partial charge in [-0.3, -0.25) is 9.69 Å². The van der Waals surface area contributed by atoms with E-state index in [9.17, 15) is 4.79 Å². The van der Waals surface area contributed by atoms with Crippen LogP contribution in [0.5, 0.6) is 0 Å². The van der Waals surface area contributed by atoms with Crippen LogP contribution in [0.2, 0.25) is 0 Å². The first-order valence-corrected chi connectivity index (χ1v) is 7.71. The number of hydrogen-bond acceptors (Lipinski definition) is 4. The lowest BCUT2D eigenvalue weighted by atomic mass is 9.96. The van der Waals surface area contributed by atoms with E-state index in [4.69, 9.17) is 0 Å². The van der Waals surface area contributed by atoms with Crippen LogP contribution in [0.3, 0.4) is 0 Å². The molecule has 6 heteroatoms. The number of carbonyl (C=O) groups excluding carboxylic acids is 1. The summed E-state index contributed by atoms with van der Waals surface area (Å²) >= 11 is 0. The predicted octanol–water partition coefficient (Wildman–Crippen LogP) is 1.20. The highest BCUT2D eigenvalue weighted by Crippen LogP contribution is 2.25. The van der Waals surface area contributed by atoms with E-state index >= 15 is 0 Å². The van der Waals surface area contributed by atoms with Gasteiger partial charge in [-0.25, -0.2) is 0 Å². The fraction of sp³-hybridized carbons (Fsp3) is 0.562. The summed E-state index contributed by atoms with van der Waals surface area (Å²) in [4.78, 5) is 16.3. The van der Waals surface area contributed by atoms with Gasteiger partial charge in [0.1, 0.15) is 12.2 Å². The molecule has 0 aromatic carbocycles. The molecule has 1 aromatic heterocycles. The predicted molar refractivity (Wildman–Crippen MR) is 86.4 cm³/mol. The Morgan fingerprint density at radius 2 is 2.00 bits per heavy atom. The fourth-order valence-electron chi connectivity index (χ4n) is 2.89. The van der Waals surface area contributed by atoms with Crippen molar-refractivity contribution in [1.82, 2.24) is 24.6 Å². The summed E-state index contributed by atoms with van der Waals surface area (Å²) in [5, 5.41) is 8.15. The van der Waals surface area contributed by atoms with Crippen LogP contribution in [0.25, 0.3) is 0 Å². The van der Waals surface area contributed by atoms with E-state index in [1.165, 1.54) is 0 Å². The molecule has 0 spiro atoms. The van der Waals surface area contributed by atoms with Crippen molar-refractivity contribution in [2.75, 3.05) is 32.7 Å². The summed E-state index contributed by atoms with van der Waals surface area (Å²) < 4.78 is 1.99. The van der Waals surface area contributed by atoms with Crippen LogP contribution in [0, 0.1) is 0 Å². The molecule has 1 aliphatic rings. The lowest BCUT2D eigenvalue weighted by Crippen LogP contribution is -2.43. The monoisotopic (exact) mass is 303 g/mol. The summed E-state index contributed by atoms with van der Waals surface area (Å²) in [6, 6.07) is 0. The van der Waals surface area contributed by atoms with Crippen molar-refractivity contribution < 1.29 is 4.79 Å². The molecule has 1 saturated heterocycles. The van der Waals surface area contributed by atoms with E-state index in [1.54, 1.807) is 23.4 Å². The largest absolute Gasteiger partial charge is 0.334 e. The SMILES string of the molecule is C=CCN(CC=C)C(=O)CN1CCC(c2nncn2C)CC1. The van der Waals surface area contributed by atoms with Crippen molar-refractivity contribution in [3.63, 3.8) is 0 Å². The first-order valence-electron chi connectivity index (χ1n) is 7.71. The van der Waals surface area contributed by atoms with E-state index < -0.39 is 0 Å². The highest BCUT2D eigenvalue weighted by molar-refractivity contribution is 5.78. The molecule has 120 valence electrons. The summed E-state index contributed by atoms with van der Waals surface area (Å²) in [5.41, 5.74) is 0. The number of nitrogens with zero attached hydrogens (tertiary/aromatic N) is 5. The van der Waals surface area contributed by atoms with Gasteiger partial charge in [0.25, 0.3) is 0 Å². The molecule has 0 bridgehead atoms. The zero-order chi connectivity index (χ0) is 15.9. The molecule has 1 amide bonds. The zero-order valence-electron chi connectivity index (χ0n) is 13.3. The topological polar surface area (TPSA) is 54.3 Å². The molecular formula is C16H25N5O. The van der Waals surface area contributed by atoms with Crippen molar-refractivity contribution in [3.05, 3.63) is 37.5 Å². The number of likely N-dealkylation sites (tertiary alicyclic amines) is 1. The molecule has 2 heterocycles. The number of amides is 1. The van der Waals surface area contributed by atoms with E-state index in [1.807, 2.05) is 11.6 Å². The maximum atomic E-state index is 12.3. The van der Waals surface area contributed by atoms with Crippen molar-refractivity contribution in [3.8, 4) is 0 Å². The van der Waals surface area contributed by atoms with Gasteiger partial charge < -0.3 is 9.47 Å². The second-order valence-corrected chi connectivity index (χ2v) is 5.73. The molecule has 0 atom stereocenters. The van der Waals surface area contributed by atoms with Crippen molar-refractivity contribution in [2.45, 2.75) is 18.8 Å². The average molecular weight is 303 g/mol. The quantitative estimate of drug-likeness (QED) is 0.710. The number of aryl methyl sites for hydroxylation is 1. The number of aromatic nitrogens is 3. The van der Waals surface area contributed by atoms with Gasteiger partial charge in [-0.2, -0.15) is 0 Å². The number of hydrogen-bond donors (Lipinski definition) is 0. The van der Waals surface area contributed by atoms with Gasteiger partial charge in [-0.05, 0) is 25.9 Å². The van der Waals surface area contributed by atoms with E-state index in [0.29, 0.717) is 25.6 Å². The first kappa shape index (κ1) is 16.4. The minimum atomic E-state index is 0.136. The third-order valence-electron chi connectivity index (χ3n) is 4.11. The van der Waals surface area contributed by atoms with Gasteiger partial charge in [0.2, 0.25) is 5.91 Å². The summed E-state index contributed by atoms with van der Waals surface area (Å²) in [5.74, 6) is 1.62. The Morgan fingerprint density at radius 1 is 1.36 bits per heavy atom. The minimum Gasteiger partial charge on any atom is -0.334 e. The minimum absolute atomic E-state index is 0.136. The Hall–Kier alpha value is -1.95. The second-order valence-electron chi connectivity index (χ2n) is 5.73. The van der Waals surface area contributed by atoms with Crippen LogP contribution < -0.4 is 0 Å². The third kappa shape index (κ3) is 4.04.